The lowest BCUT2D eigenvalue weighted by Crippen LogP contribution is -2.51. The predicted octanol–water partition coefficient (Wildman–Crippen LogP) is 1.39. The summed E-state index contributed by atoms with van der Waals surface area (Å²) in [6.45, 7) is -0.467. The van der Waals surface area contributed by atoms with E-state index in [4.69, 9.17) is 9.47 Å². The molecule has 0 radical (unpaired) electrons. The zero-order valence-electron chi connectivity index (χ0n) is 14.9. The zero-order valence-corrected chi connectivity index (χ0v) is 14.9. The van der Waals surface area contributed by atoms with Crippen LogP contribution in [0.15, 0.2) is 30.3 Å². The van der Waals surface area contributed by atoms with Crippen LogP contribution < -0.4 is 0 Å². The molecule has 2 atom stereocenters. The van der Waals surface area contributed by atoms with Crippen LogP contribution in [-0.2, 0) is 35.3 Å². The van der Waals surface area contributed by atoms with Gasteiger partial charge in [0.1, 0.15) is 13.2 Å². The molecule has 1 saturated carbocycles. The number of ether oxygens (including phenoxy) is 2. The number of fused-ring (bicyclic) bond motifs is 1. The summed E-state index contributed by atoms with van der Waals surface area (Å²) in [5.41, 5.74) is -1.12. The molecule has 1 aromatic carbocycles. The van der Waals surface area contributed by atoms with Crippen LogP contribution in [0.5, 0.6) is 0 Å². The minimum absolute atomic E-state index is 0.0345. The van der Waals surface area contributed by atoms with E-state index in [2.05, 4.69) is 0 Å². The molecule has 1 aliphatic carbocycles. The first-order chi connectivity index (χ1) is 13.1. The molecule has 3 aliphatic rings. The van der Waals surface area contributed by atoms with Gasteiger partial charge >= 0.3 is 11.9 Å². The Bertz CT molecular complexity index is 785. The lowest BCUT2D eigenvalue weighted by atomic mass is 9.81. The topological polar surface area (TPSA) is 90.0 Å². The monoisotopic (exact) mass is 371 g/mol. The Labute approximate surface area is 156 Å². The van der Waals surface area contributed by atoms with Crippen molar-refractivity contribution in [2.45, 2.75) is 50.8 Å². The van der Waals surface area contributed by atoms with Gasteiger partial charge in [0.25, 0.3) is 5.91 Å². The first-order valence-electron chi connectivity index (χ1n) is 9.30. The van der Waals surface area contributed by atoms with Crippen molar-refractivity contribution in [3.05, 3.63) is 35.9 Å². The van der Waals surface area contributed by atoms with Gasteiger partial charge in [-0.15, -0.1) is 0 Å². The molecule has 142 valence electrons. The maximum absolute atomic E-state index is 12.9. The summed E-state index contributed by atoms with van der Waals surface area (Å²) in [6.07, 6.45) is 4.35. The first kappa shape index (κ1) is 17.7. The second kappa shape index (κ2) is 6.79. The molecule has 7 nitrogen and oxygen atoms in total. The minimum Gasteiger partial charge on any atom is -0.462 e. The van der Waals surface area contributed by atoms with Crippen LogP contribution in [0, 0.1) is 5.41 Å². The van der Waals surface area contributed by atoms with Crippen LogP contribution in [0.25, 0.3) is 0 Å². The Morgan fingerprint density at radius 1 is 1.11 bits per heavy atom. The highest BCUT2D eigenvalue weighted by atomic mass is 16.6. The Balaban J connectivity index is 1.61. The average Bonchev–Trinajstić information content (AvgIpc) is 3.16. The molecule has 2 saturated heterocycles. The highest BCUT2D eigenvalue weighted by molar-refractivity contribution is 6.46. The Morgan fingerprint density at radius 3 is 2.52 bits per heavy atom. The first-order valence-corrected chi connectivity index (χ1v) is 9.30. The van der Waals surface area contributed by atoms with E-state index < -0.39 is 41.7 Å². The van der Waals surface area contributed by atoms with Gasteiger partial charge in [-0.2, -0.15) is 0 Å². The fourth-order valence-corrected chi connectivity index (χ4v) is 4.36. The summed E-state index contributed by atoms with van der Waals surface area (Å²) < 4.78 is 10.4. The van der Waals surface area contributed by atoms with E-state index in [9.17, 15) is 19.2 Å². The molecule has 0 bridgehead atoms. The highest BCUT2D eigenvalue weighted by Gasteiger charge is 2.72. The van der Waals surface area contributed by atoms with Gasteiger partial charge < -0.3 is 14.4 Å². The molecule has 0 N–H and O–H groups in total. The second-order valence-electron chi connectivity index (χ2n) is 7.38. The lowest BCUT2D eigenvalue weighted by Gasteiger charge is -2.34. The quantitative estimate of drug-likeness (QED) is 0.451. The van der Waals surface area contributed by atoms with E-state index in [0.29, 0.717) is 0 Å². The van der Waals surface area contributed by atoms with Crippen LogP contribution in [0.3, 0.4) is 0 Å². The fraction of sp³-hybridized carbons (Fsp3) is 0.500. The van der Waals surface area contributed by atoms with E-state index in [1.807, 2.05) is 18.2 Å². The summed E-state index contributed by atoms with van der Waals surface area (Å²) in [5, 5.41) is 0. The van der Waals surface area contributed by atoms with Gasteiger partial charge in [0.2, 0.25) is 11.2 Å². The van der Waals surface area contributed by atoms with E-state index in [1.54, 1.807) is 12.1 Å². The fourth-order valence-electron chi connectivity index (χ4n) is 4.36. The number of amides is 1. The van der Waals surface area contributed by atoms with E-state index >= 15 is 0 Å². The van der Waals surface area contributed by atoms with Gasteiger partial charge in [0.05, 0.1) is 0 Å². The molecular formula is C20H21NO6. The number of Topliss-reactive ketones (excluding diaryl/α,β-unsaturated/α-hetero) is 1. The largest absolute Gasteiger partial charge is 0.462 e. The van der Waals surface area contributed by atoms with Gasteiger partial charge in [-0.1, -0.05) is 49.6 Å². The van der Waals surface area contributed by atoms with Crippen molar-refractivity contribution < 1.29 is 28.7 Å². The molecule has 2 heterocycles. The van der Waals surface area contributed by atoms with Crippen molar-refractivity contribution >= 4 is 23.6 Å². The third-order valence-electron chi connectivity index (χ3n) is 5.79. The number of ketones is 1. The number of cyclic esters (lactones) is 1. The van der Waals surface area contributed by atoms with Gasteiger partial charge in [-0.3, -0.25) is 14.4 Å². The highest BCUT2D eigenvalue weighted by Crippen LogP contribution is 2.44. The normalized spacial score (nSPS) is 28.2. The van der Waals surface area contributed by atoms with Crippen LogP contribution >= 0.6 is 0 Å². The molecule has 7 heteroatoms. The molecule has 3 fully saturated rings. The molecule has 0 spiro atoms. The SMILES string of the molecule is O=C1OC[C@]2(C(=O)OCc3ccccc3)C(=O)C(=O)N(C3CCCCC3)[C@H]12. The summed E-state index contributed by atoms with van der Waals surface area (Å²) in [7, 11) is 0. The summed E-state index contributed by atoms with van der Waals surface area (Å²) in [5.74, 6) is -3.21. The standard InChI is InChI=1S/C20H21NO6/c22-16-17(23)21(14-9-5-2-6-10-14)15-18(24)27-12-20(15,16)19(25)26-11-13-7-3-1-4-8-13/h1,3-4,7-8,14-15H,2,5-6,9-12H2/t15-,20-/m1/s1. The van der Waals surface area contributed by atoms with Crippen LogP contribution in [0.2, 0.25) is 0 Å². The predicted molar refractivity (Wildman–Crippen MR) is 92.1 cm³/mol. The van der Waals surface area contributed by atoms with E-state index in [1.165, 1.54) is 4.90 Å². The zero-order chi connectivity index (χ0) is 19.0. The number of carbonyl (C=O) groups excluding carboxylic acids is 4. The Hall–Kier alpha value is -2.70. The molecule has 2 aliphatic heterocycles. The average molecular weight is 371 g/mol. The number of hydrogen-bond donors (Lipinski definition) is 0. The van der Waals surface area contributed by atoms with Crippen molar-refractivity contribution in [1.82, 2.24) is 4.90 Å². The number of carbonyl (C=O) groups is 4. The summed E-state index contributed by atoms with van der Waals surface area (Å²) in [4.78, 5) is 52.2. The van der Waals surface area contributed by atoms with Gasteiger partial charge in [-0.05, 0) is 18.4 Å². The number of hydrogen-bond acceptors (Lipinski definition) is 6. The third-order valence-corrected chi connectivity index (χ3v) is 5.79. The van der Waals surface area contributed by atoms with Crippen molar-refractivity contribution in [3.63, 3.8) is 0 Å². The molecule has 0 unspecified atom stereocenters. The van der Waals surface area contributed by atoms with Crippen LogP contribution in [0.4, 0.5) is 0 Å². The maximum Gasteiger partial charge on any atom is 0.330 e. The van der Waals surface area contributed by atoms with Crippen molar-refractivity contribution in [1.29, 1.82) is 0 Å². The van der Waals surface area contributed by atoms with E-state index in [-0.39, 0.29) is 12.6 Å². The number of esters is 2. The molecule has 1 aromatic rings. The molecular weight excluding hydrogens is 350 g/mol. The second-order valence-corrected chi connectivity index (χ2v) is 7.38. The molecule has 1 amide bonds. The van der Waals surface area contributed by atoms with Crippen molar-refractivity contribution in [2.24, 2.45) is 5.41 Å². The molecule has 0 aromatic heterocycles. The molecule has 27 heavy (non-hydrogen) atoms. The number of rotatable bonds is 4. The molecule has 4 rings (SSSR count). The van der Waals surface area contributed by atoms with Gasteiger partial charge in [0, 0.05) is 6.04 Å². The Kier molecular flexibility index (Phi) is 4.45. The van der Waals surface area contributed by atoms with Crippen molar-refractivity contribution in [3.8, 4) is 0 Å². The Morgan fingerprint density at radius 2 is 1.81 bits per heavy atom. The number of likely N-dealkylation sites (tertiary alicyclic amines) is 1. The van der Waals surface area contributed by atoms with Crippen LogP contribution in [0.1, 0.15) is 37.7 Å². The van der Waals surface area contributed by atoms with Crippen molar-refractivity contribution in [2.75, 3.05) is 6.61 Å². The van der Waals surface area contributed by atoms with Gasteiger partial charge in [0.15, 0.2) is 6.04 Å². The third kappa shape index (κ3) is 2.72. The van der Waals surface area contributed by atoms with Gasteiger partial charge in [-0.25, -0.2) is 4.79 Å². The summed E-state index contributed by atoms with van der Waals surface area (Å²) >= 11 is 0. The smallest absolute Gasteiger partial charge is 0.330 e. The maximum atomic E-state index is 12.9. The number of nitrogens with zero attached hydrogens (tertiary/aromatic N) is 1. The summed E-state index contributed by atoms with van der Waals surface area (Å²) in [6, 6.07) is 7.61. The minimum atomic E-state index is -1.87. The lowest BCUT2D eigenvalue weighted by molar-refractivity contribution is -0.162. The number of benzene rings is 1. The van der Waals surface area contributed by atoms with Crippen LogP contribution in [-0.4, -0.2) is 47.2 Å². The van der Waals surface area contributed by atoms with E-state index in [0.717, 1.165) is 37.7 Å².